The number of pyridine rings is 1. The summed E-state index contributed by atoms with van der Waals surface area (Å²) in [5, 5.41) is 14.2. The number of hydrogen-bond acceptors (Lipinski definition) is 5. The molecule has 7 nitrogen and oxygen atoms in total. The molecule has 0 unspecified atom stereocenters. The number of aryl methyl sites for hydroxylation is 1. The minimum absolute atomic E-state index is 0.205. The lowest BCUT2D eigenvalue weighted by Gasteiger charge is -2.35. The van der Waals surface area contributed by atoms with Crippen molar-refractivity contribution in [2.75, 3.05) is 43.4 Å². The predicted molar refractivity (Wildman–Crippen MR) is 134 cm³/mol. The van der Waals surface area contributed by atoms with Gasteiger partial charge in [0.05, 0.1) is 5.52 Å². The highest BCUT2D eigenvalue weighted by molar-refractivity contribution is 6.09. The van der Waals surface area contributed by atoms with Crippen LogP contribution in [0.3, 0.4) is 0 Å². The van der Waals surface area contributed by atoms with Crippen LogP contribution < -0.4 is 15.8 Å². The fourth-order valence-electron chi connectivity index (χ4n) is 4.47. The van der Waals surface area contributed by atoms with Gasteiger partial charge < -0.3 is 24.8 Å². The first kappa shape index (κ1) is 22.9. The highest BCUT2D eigenvalue weighted by Crippen LogP contribution is 2.29. The van der Waals surface area contributed by atoms with Crippen LogP contribution in [0.1, 0.15) is 29.8 Å². The monoisotopic (exact) mass is 448 g/mol. The number of piperazine rings is 1. The molecule has 2 aromatic carbocycles. The van der Waals surface area contributed by atoms with E-state index in [2.05, 4.69) is 22.2 Å². The Kier molecular flexibility index (Phi) is 6.42. The Labute approximate surface area is 194 Å². The van der Waals surface area contributed by atoms with Crippen molar-refractivity contribution in [3.05, 3.63) is 63.9 Å². The number of rotatable bonds is 5. The topological polar surface area (TPSA) is 77.8 Å². The summed E-state index contributed by atoms with van der Waals surface area (Å²) in [4.78, 5) is 31.1. The van der Waals surface area contributed by atoms with E-state index < -0.39 is 11.5 Å². The van der Waals surface area contributed by atoms with Gasteiger partial charge in [-0.2, -0.15) is 0 Å². The molecule has 1 fully saturated rings. The number of nitrogens with zero attached hydrogens (tertiary/aromatic N) is 3. The molecule has 0 radical (unpaired) electrons. The summed E-state index contributed by atoms with van der Waals surface area (Å²) in [5.41, 5.74) is 2.71. The fourth-order valence-corrected chi connectivity index (χ4v) is 4.47. The number of carbonyl (C=O) groups is 1. The van der Waals surface area contributed by atoms with Crippen molar-refractivity contribution in [2.45, 2.75) is 27.3 Å². The molecule has 4 rings (SSSR count). The van der Waals surface area contributed by atoms with Crippen molar-refractivity contribution in [1.29, 1.82) is 0 Å². The van der Waals surface area contributed by atoms with Gasteiger partial charge in [-0.25, -0.2) is 0 Å². The molecule has 3 aromatic rings. The highest BCUT2D eigenvalue weighted by Gasteiger charge is 2.23. The molecule has 33 heavy (non-hydrogen) atoms. The first-order valence-electron chi connectivity index (χ1n) is 11.5. The Balaban J connectivity index is 1.66. The van der Waals surface area contributed by atoms with Crippen LogP contribution >= 0.6 is 0 Å². The number of nitrogens with one attached hydrogen (secondary N) is 1. The Hall–Kier alpha value is -3.32. The van der Waals surface area contributed by atoms with E-state index in [1.54, 1.807) is 22.8 Å². The van der Waals surface area contributed by atoms with E-state index >= 15 is 0 Å². The van der Waals surface area contributed by atoms with Crippen LogP contribution in [0, 0.1) is 12.8 Å². The van der Waals surface area contributed by atoms with Gasteiger partial charge in [0.1, 0.15) is 11.3 Å². The van der Waals surface area contributed by atoms with Crippen molar-refractivity contribution < 1.29 is 9.90 Å². The number of likely N-dealkylation sites (N-methyl/N-ethyl adjacent to an activating group) is 1. The van der Waals surface area contributed by atoms with Crippen LogP contribution in [0.2, 0.25) is 0 Å². The zero-order valence-corrected chi connectivity index (χ0v) is 19.8. The quantitative estimate of drug-likeness (QED) is 0.623. The van der Waals surface area contributed by atoms with E-state index in [4.69, 9.17) is 0 Å². The highest BCUT2D eigenvalue weighted by atomic mass is 16.3. The van der Waals surface area contributed by atoms with Crippen LogP contribution in [0.5, 0.6) is 5.75 Å². The van der Waals surface area contributed by atoms with Gasteiger partial charge in [0.15, 0.2) is 0 Å². The van der Waals surface area contributed by atoms with Gasteiger partial charge in [-0.1, -0.05) is 26.0 Å². The molecule has 0 bridgehead atoms. The number of fused-ring (bicyclic) bond motifs is 1. The van der Waals surface area contributed by atoms with Crippen LogP contribution in [0.25, 0.3) is 10.9 Å². The number of para-hydroxylation sites is 1. The summed E-state index contributed by atoms with van der Waals surface area (Å²) in [6.07, 6.45) is 0. The Bertz CT molecular complexity index is 1240. The summed E-state index contributed by atoms with van der Waals surface area (Å²) >= 11 is 0. The fraction of sp³-hybridized carbons (Fsp3) is 0.385. The number of aromatic nitrogens is 1. The minimum atomic E-state index is -0.604. The summed E-state index contributed by atoms with van der Waals surface area (Å²) in [6.45, 7) is 10.5. The van der Waals surface area contributed by atoms with Crippen LogP contribution in [0.4, 0.5) is 11.4 Å². The number of amides is 1. The SMILES string of the molecule is Cc1cc(NC(=O)c2c(O)c3ccccc3n(CC(C)C)c2=O)ccc1N1CCN(C)CC1. The maximum absolute atomic E-state index is 13.3. The van der Waals surface area contributed by atoms with Gasteiger partial charge in [-0.05, 0) is 55.8 Å². The molecule has 0 saturated carbocycles. The lowest BCUT2D eigenvalue weighted by molar-refractivity contribution is 0.102. The van der Waals surface area contributed by atoms with Crippen molar-refractivity contribution in [2.24, 2.45) is 5.92 Å². The van der Waals surface area contributed by atoms with Gasteiger partial charge in [0.25, 0.3) is 11.5 Å². The average molecular weight is 449 g/mol. The number of aromatic hydroxyl groups is 1. The largest absolute Gasteiger partial charge is 0.506 e. The molecule has 1 amide bonds. The van der Waals surface area contributed by atoms with Gasteiger partial charge in [-0.3, -0.25) is 9.59 Å². The smallest absolute Gasteiger partial charge is 0.267 e. The maximum Gasteiger partial charge on any atom is 0.267 e. The van der Waals surface area contributed by atoms with Crippen LogP contribution in [-0.2, 0) is 6.54 Å². The third-order valence-corrected chi connectivity index (χ3v) is 6.22. The predicted octanol–water partition coefficient (Wildman–Crippen LogP) is 3.68. The second-order valence-electron chi connectivity index (χ2n) is 9.30. The first-order valence-corrected chi connectivity index (χ1v) is 11.5. The van der Waals surface area contributed by atoms with Crippen molar-refractivity contribution in [1.82, 2.24) is 9.47 Å². The van der Waals surface area contributed by atoms with Crippen molar-refractivity contribution in [3.8, 4) is 5.75 Å². The molecule has 1 saturated heterocycles. The van der Waals surface area contributed by atoms with E-state index in [-0.39, 0.29) is 17.2 Å². The molecule has 0 aliphatic carbocycles. The van der Waals surface area contributed by atoms with E-state index in [0.717, 1.165) is 37.4 Å². The molecule has 1 aliphatic rings. The molecule has 174 valence electrons. The molecular formula is C26H32N4O3. The Morgan fingerprint density at radius 1 is 1.09 bits per heavy atom. The number of carbonyl (C=O) groups excluding carboxylic acids is 1. The molecule has 2 heterocycles. The van der Waals surface area contributed by atoms with Crippen LogP contribution in [0.15, 0.2) is 47.3 Å². The lowest BCUT2D eigenvalue weighted by Crippen LogP contribution is -2.44. The van der Waals surface area contributed by atoms with Gasteiger partial charge in [0, 0.05) is 49.5 Å². The maximum atomic E-state index is 13.3. The number of hydrogen-bond donors (Lipinski definition) is 2. The van der Waals surface area contributed by atoms with E-state index in [1.807, 2.05) is 45.0 Å². The van der Waals surface area contributed by atoms with Crippen molar-refractivity contribution in [3.63, 3.8) is 0 Å². The Morgan fingerprint density at radius 3 is 2.45 bits per heavy atom. The van der Waals surface area contributed by atoms with Gasteiger partial charge in [-0.15, -0.1) is 0 Å². The molecular weight excluding hydrogens is 416 g/mol. The van der Waals surface area contributed by atoms with E-state index in [0.29, 0.717) is 23.1 Å². The second kappa shape index (κ2) is 9.27. The minimum Gasteiger partial charge on any atom is -0.506 e. The molecule has 1 aliphatic heterocycles. The normalized spacial score (nSPS) is 14.8. The second-order valence-corrected chi connectivity index (χ2v) is 9.30. The zero-order valence-electron chi connectivity index (χ0n) is 19.8. The summed E-state index contributed by atoms with van der Waals surface area (Å²) in [5.74, 6) is -0.678. The average Bonchev–Trinajstić information content (AvgIpc) is 2.77. The molecule has 7 heteroatoms. The summed E-state index contributed by atoms with van der Waals surface area (Å²) in [6, 6.07) is 12.9. The lowest BCUT2D eigenvalue weighted by atomic mass is 10.1. The first-order chi connectivity index (χ1) is 15.8. The summed E-state index contributed by atoms with van der Waals surface area (Å²) < 4.78 is 1.58. The van der Waals surface area contributed by atoms with Crippen molar-refractivity contribution >= 4 is 28.2 Å². The van der Waals surface area contributed by atoms with E-state index in [9.17, 15) is 14.7 Å². The molecule has 1 aromatic heterocycles. The zero-order chi connectivity index (χ0) is 23.7. The molecule has 2 N–H and O–H groups in total. The van der Waals surface area contributed by atoms with E-state index in [1.165, 1.54) is 0 Å². The molecule has 0 spiro atoms. The number of anilines is 2. The molecule has 0 atom stereocenters. The third-order valence-electron chi connectivity index (χ3n) is 6.22. The van der Waals surface area contributed by atoms with Gasteiger partial charge >= 0.3 is 0 Å². The van der Waals surface area contributed by atoms with Gasteiger partial charge in [0.2, 0.25) is 0 Å². The summed E-state index contributed by atoms with van der Waals surface area (Å²) in [7, 11) is 2.13. The standard InChI is InChI=1S/C26H32N4O3/c1-17(2)16-30-22-8-6-5-7-20(22)24(31)23(26(30)33)25(32)27-19-9-10-21(18(3)15-19)29-13-11-28(4)12-14-29/h5-10,15,17,31H,11-14,16H2,1-4H3,(H,27,32). The number of benzene rings is 2. The third kappa shape index (κ3) is 4.59. The Morgan fingerprint density at radius 2 is 1.79 bits per heavy atom. The van der Waals surface area contributed by atoms with Crippen LogP contribution in [-0.4, -0.2) is 53.7 Å².